The maximum absolute atomic E-state index is 6.01. The number of benzene rings is 1. The van der Waals surface area contributed by atoms with Crippen molar-refractivity contribution in [2.24, 2.45) is 5.41 Å². The highest BCUT2D eigenvalue weighted by molar-refractivity contribution is 6.30. The highest BCUT2D eigenvalue weighted by atomic mass is 35.5. The lowest BCUT2D eigenvalue weighted by Gasteiger charge is -2.25. The maximum atomic E-state index is 6.01. The van der Waals surface area contributed by atoms with Crippen LogP contribution in [0, 0.1) is 5.41 Å². The van der Waals surface area contributed by atoms with Crippen LogP contribution in [-0.2, 0) is 11.3 Å². The Morgan fingerprint density at radius 3 is 2.63 bits per heavy atom. The molecule has 0 saturated heterocycles. The van der Waals surface area contributed by atoms with Gasteiger partial charge in [-0.1, -0.05) is 25.4 Å². The van der Waals surface area contributed by atoms with Gasteiger partial charge in [0.25, 0.3) is 0 Å². The van der Waals surface area contributed by atoms with Crippen LogP contribution in [0.3, 0.4) is 0 Å². The summed E-state index contributed by atoms with van der Waals surface area (Å²) in [6.07, 6.45) is 1.03. The Bertz CT molecular complexity index is 394. The van der Waals surface area contributed by atoms with Crippen molar-refractivity contribution in [3.05, 3.63) is 28.8 Å². The van der Waals surface area contributed by atoms with Crippen LogP contribution in [0.2, 0.25) is 5.02 Å². The van der Waals surface area contributed by atoms with Gasteiger partial charge in [0.05, 0.1) is 7.11 Å². The van der Waals surface area contributed by atoms with Crippen molar-refractivity contribution in [1.82, 2.24) is 5.32 Å². The SMILES string of the molecule is COCCC(C)(C)CNCc1cc(Cl)ccc1OC. The predicted octanol–water partition coefficient (Wildman–Crippen LogP) is 3.50. The van der Waals surface area contributed by atoms with E-state index >= 15 is 0 Å². The number of halogens is 1. The van der Waals surface area contributed by atoms with Gasteiger partial charge in [-0.25, -0.2) is 0 Å². The molecule has 0 heterocycles. The van der Waals surface area contributed by atoms with E-state index in [0.717, 1.165) is 42.5 Å². The van der Waals surface area contributed by atoms with Crippen LogP contribution >= 0.6 is 11.6 Å². The van der Waals surface area contributed by atoms with Gasteiger partial charge < -0.3 is 14.8 Å². The summed E-state index contributed by atoms with van der Waals surface area (Å²) in [5, 5.41) is 4.19. The molecule has 0 aliphatic heterocycles. The van der Waals surface area contributed by atoms with E-state index in [0.29, 0.717) is 0 Å². The van der Waals surface area contributed by atoms with Crippen molar-refractivity contribution in [3.8, 4) is 5.75 Å². The summed E-state index contributed by atoms with van der Waals surface area (Å²) < 4.78 is 10.5. The highest BCUT2D eigenvalue weighted by Crippen LogP contribution is 2.23. The van der Waals surface area contributed by atoms with Crippen molar-refractivity contribution in [1.29, 1.82) is 0 Å². The van der Waals surface area contributed by atoms with Gasteiger partial charge in [0.1, 0.15) is 5.75 Å². The fourth-order valence-electron chi connectivity index (χ4n) is 1.89. The number of nitrogens with one attached hydrogen (secondary N) is 1. The fraction of sp³-hybridized carbons (Fsp3) is 0.600. The van der Waals surface area contributed by atoms with E-state index in [1.807, 2.05) is 18.2 Å². The van der Waals surface area contributed by atoms with Crippen molar-refractivity contribution in [2.45, 2.75) is 26.8 Å². The molecule has 0 radical (unpaired) electrons. The number of methoxy groups -OCH3 is 2. The van der Waals surface area contributed by atoms with E-state index in [2.05, 4.69) is 19.2 Å². The molecule has 0 bridgehead atoms. The molecule has 3 nitrogen and oxygen atoms in total. The van der Waals surface area contributed by atoms with Gasteiger partial charge in [-0.2, -0.15) is 0 Å². The van der Waals surface area contributed by atoms with Crippen LogP contribution in [-0.4, -0.2) is 27.4 Å². The lowest BCUT2D eigenvalue weighted by molar-refractivity contribution is 0.150. The summed E-state index contributed by atoms with van der Waals surface area (Å²) >= 11 is 6.01. The molecule has 1 rings (SSSR count). The molecule has 0 aliphatic carbocycles. The van der Waals surface area contributed by atoms with E-state index in [-0.39, 0.29) is 5.41 Å². The van der Waals surface area contributed by atoms with Gasteiger partial charge in [-0.05, 0) is 30.0 Å². The summed E-state index contributed by atoms with van der Waals surface area (Å²) in [6, 6.07) is 5.68. The van der Waals surface area contributed by atoms with Crippen molar-refractivity contribution in [2.75, 3.05) is 27.4 Å². The van der Waals surface area contributed by atoms with Crippen LogP contribution < -0.4 is 10.1 Å². The quantitative estimate of drug-likeness (QED) is 0.793. The van der Waals surface area contributed by atoms with Crippen LogP contribution in [0.4, 0.5) is 0 Å². The van der Waals surface area contributed by atoms with E-state index in [4.69, 9.17) is 21.1 Å². The first-order valence-electron chi connectivity index (χ1n) is 6.50. The molecule has 0 saturated carbocycles. The molecule has 4 heteroatoms. The molecule has 1 aromatic rings. The first-order valence-corrected chi connectivity index (χ1v) is 6.88. The van der Waals surface area contributed by atoms with E-state index in [1.165, 1.54) is 0 Å². The summed E-state index contributed by atoms with van der Waals surface area (Å²) in [5.74, 6) is 0.867. The summed E-state index contributed by atoms with van der Waals surface area (Å²) in [6.45, 7) is 6.92. The Morgan fingerprint density at radius 1 is 1.26 bits per heavy atom. The zero-order chi connectivity index (χ0) is 14.3. The molecule has 0 atom stereocenters. The average molecular weight is 286 g/mol. The highest BCUT2D eigenvalue weighted by Gasteiger charge is 2.17. The molecule has 0 fully saturated rings. The standard InChI is InChI=1S/C15H24ClNO2/c1-15(2,7-8-18-3)11-17-10-12-9-13(16)5-6-14(12)19-4/h5-6,9,17H,7-8,10-11H2,1-4H3. The third-order valence-electron chi connectivity index (χ3n) is 3.14. The molecular weight excluding hydrogens is 262 g/mol. The Morgan fingerprint density at radius 2 is 2.00 bits per heavy atom. The second-order valence-corrected chi connectivity index (χ2v) is 5.90. The molecule has 19 heavy (non-hydrogen) atoms. The van der Waals surface area contributed by atoms with Crippen LogP contribution in [0.1, 0.15) is 25.8 Å². The lowest BCUT2D eigenvalue weighted by atomic mass is 9.89. The molecule has 1 N–H and O–H groups in total. The third kappa shape index (κ3) is 5.81. The van der Waals surface area contributed by atoms with Crippen LogP contribution in [0.25, 0.3) is 0 Å². The lowest BCUT2D eigenvalue weighted by Crippen LogP contribution is -2.30. The van der Waals surface area contributed by atoms with Crippen LogP contribution in [0.5, 0.6) is 5.75 Å². The second-order valence-electron chi connectivity index (χ2n) is 5.47. The molecule has 108 valence electrons. The van der Waals surface area contributed by atoms with E-state index < -0.39 is 0 Å². The van der Waals surface area contributed by atoms with Crippen molar-refractivity contribution in [3.63, 3.8) is 0 Å². The largest absolute Gasteiger partial charge is 0.496 e. The second kappa shape index (κ2) is 7.73. The maximum Gasteiger partial charge on any atom is 0.123 e. The monoisotopic (exact) mass is 285 g/mol. The fourth-order valence-corrected chi connectivity index (χ4v) is 2.08. The molecule has 0 unspecified atom stereocenters. The third-order valence-corrected chi connectivity index (χ3v) is 3.38. The smallest absolute Gasteiger partial charge is 0.123 e. The molecular formula is C15H24ClNO2. The van der Waals surface area contributed by atoms with Gasteiger partial charge in [-0.15, -0.1) is 0 Å². The molecule has 0 aromatic heterocycles. The minimum absolute atomic E-state index is 0.210. The van der Waals surface area contributed by atoms with Gasteiger partial charge in [0.15, 0.2) is 0 Å². The Labute approximate surface area is 121 Å². The first-order chi connectivity index (χ1) is 8.98. The minimum Gasteiger partial charge on any atom is -0.496 e. The van der Waals surface area contributed by atoms with E-state index in [1.54, 1.807) is 14.2 Å². The summed E-state index contributed by atoms with van der Waals surface area (Å²) in [4.78, 5) is 0. The summed E-state index contributed by atoms with van der Waals surface area (Å²) in [7, 11) is 3.41. The van der Waals surface area contributed by atoms with Crippen molar-refractivity contribution >= 4 is 11.6 Å². The van der Waals surface area contributed by atoms with Gasteiger partial charge >= 0.3 is 0 Å². The zero-order valence-corrected chi connectivity index (χ0v) is 13.0. The predicted molar refractivity (Wildman–Crippen MR) is 80.0 cm³/mol. The average Bonchev–Trinajstić information content (AvgIpc) is 2.36. The minimum atomic E-state index is 0.210. The Kier molecular flexibility index (Phi) is 6.63. The number of ether oxygens (including phenoxy) is 2. The molecule has 0 amide bonds. The molecule has 0 aliphatic rings. The molecule has 1 aromatic carbocycles. The van der Waals surface area contributed by atoms with E-state index in [9.17, 15) is 0 Å². The summed E-state index contributed by atoms with van der Waals surface area (Å²) in [5.41, 5.74) is 1.29. The zero-order valence-electron chi connectivity index (χ0n) is 12.3. The first kappa shape index (κ1) is 16.3. The van der Waals surface area contributed by atoms with Gasteiger partial charge in [-0.3, -0.25) is 0 Å². The Hall–Kier alpha value is -0.770. The van der Waals surface area contributed by atoms with Crippen molar-refractivity contribution < 1.29 is 9.47 Å². The normalized spacial score (nSPS) is 11.6. The van der Waals surface area contributed by atoms with Gasteiger partial charge in [0, 0.05) is 37.4 Å². The number of hydrogen-bond acceptors (Lipinski definition) is 3. The Balaban J connectivity index is 2.50. The van der Waals surface area contributed by atoms with Gasteiger partial charge in [0.2, 0.25) is 0 Å². The molecule has 0 spiro atoms. The number of hydrogen-bond donors (Lipinski definition) is 1. The van der Waals surface area contributed by atoms with Crippen LogP contribution in [0.15, 0.2) is 18.2 Å². The topological polar surface area (TPSA) is 30.5 Å². The number of rotatable bonds is 8.